The Kier molecular flexibility index (Phi) is 6.55. The molecule has 3 heteroatoms. The van der Waals surface area contributed by atoms with Gasteiger partial charge in [0, 0.05) is 27.4 Å². The smallest absolute Gasteiger partial charge is 0.137 e. The van der Waals surface area contributed by atoms with Gasteiger partial charge in [0.05, 0.1) is 16.8 Å². The van der Waals surface area contributed by atoms with Gasteiger partial charge >= 0.3 is 0 Å². The monoisotopic (exact) mass is 677 g/mol. The van der Waals surface area contributed by atoms with Crippen LogP contribution in [0.25, 0.3) is 87.7 Å². The van der Waals surface area contributed by atoms with E-state index in [4.69, 9.17) is 8.83 Å². The van der Waals surface area contributed by atoms with Gasteiger partial charge < -0.3 is 13.7 Å². The number of fused-ring (bicyclic) bond motifs is 9. The van der Waals surface area contributed by atoms with Crippen LogP contribution in [-0.4, -0.2) is 0 Å². The summed E-state index contributed by atoms with van der Waals surface area (Å²) < 4.78 is 12.6. The largest absolute Gasteiger partial charge is 0.456 e. The Labute approximate surface area is 305 Å². The van der Waals surface area contributed by atoms with Crippen molar-refractivity contribution in [2.45, 2.75) is 0 Å². The molecule has 0 bridgehead atoms. The fraction of sp³-hybridized carbons (Fsp3) is 0. The highest BCUT2D eigenvalue weighted by Gasteiger charge is 2.23. The highest BCUT2D eigenvalue weighted by atomic mass is 16.3. The predicted octanol–water partition coefficient (Wildman–Crippen LogP) is 14.6. The minimum Gasteiger partial charge on any atom is -0.456 e. The molecule has 0 amide bonds. The number of hydrogen-bond acceptors (Lipinski definition) is 3. The minimum atomic E-state index is 0.861. The Balaban J connectivity index is 1.14. The number of nitrogens with zero attached hydrogens (tertiary/aromatic N) is 1. The summed E-state index contributed by atoms with van der Waals surface area (Å²) in [6.07, 6.45) is 0. The topological polar surface area (TPSA) is 29.5 Å². The van der Waals surface area contributed by atoms with Crippen LogP contribution < -0.4 is 4.90 Å². The Morgan fingerprint density at radius 3 is 1.75 bits per heavy atom. The van der Waals surface area contributed by atoms with Crippen molar-refractivity contribution in [2.75, 3.05) is 4.90 Å². The fourth-order valence-electron chi connectivity index (χ4n) is 8.23. The summed E-state index contributed by atoms with van der Waals surface area (Å²) >= 11 is 0. The lowest BCUT2D eigenvalue weighted by atomic mass is 9.92. The maximum Gasteiger partial charge on any atom is 0.137 e. The molecule has 2 aromatic heterocycles. The summed E-state index contributed by atoms with van der Waals surface area (Å²) in [5, 5.41) is 9.38. The molecular formula is C50H31NO2. The molecule has 0 atom stereocenters. The first-order chi connectivity index (χ1) is 26.3. The molecule has 0 saturated heterocycles. The molecule has 9 aromatic carbocycles. The van der Waals surface area contributed by atoms with Gasteiger partial charge in [-0.25, -0.2) is 0 Å². The molecule has 0 radical (unpaired) electrons. The molecule has 0 aliphatic carbocycles. The van der Waals surface area contributed by atoms with Gasteiger partial charge in [0.25, 0.3) is 0 Å². The van der Waals surface area contributed by atoms with E-state index in [1.807, 2.05) is 24.3 Å². The molecule has 0 unspecified atom stereocenters. The lowest BCUT2D eigenvalue weighted by molar-refractivity contribution is 0.668. The van der Waals surface area contributed by atoms with Crippen LogP contribution in [0.2, 0.25) is 0 Å². The van der Waals surface area contributed by atoms with Gasteiger partial charge in [-0.1, -0.05) is 127 Å². The van der Waals surface area contributed by atoms with Crippen molar-refractivity contribution in [3.8, 4) is 22.3 Å². The standard InChI is InChI=1S/C50H31NO2/c1-2-13-36-34(12-1)31-42(38-15-4-3-14-37(36)38)39-16-5-8-19-44(39)51(45-20-11-23-49-50(45)41-18-7-10-22-47(41)53-49)35-27-24-32(25-28-35)33-26-29-48-43(30-33)40-17-6-9-21-46(40)52-48/h1-31H. The summed E-state index contributed by atoms with van der Waals surface area (Å²) in [5.74, 6) is 0. The zero-order valence-corrected chi connectivity index (χ0v) is 28.7. The molecule has 248 valence electrons. The highest BCUT2D eigenvalue weighted by molar-refractivity contribution is 6.17. The Bertz CT molecular complexity index is 3180. The number of rotatable bonds is 5. The van der Waals surface area contributed by atoms with Crippen molar-refractivity contribution >= 4 is 82.5 Å². The van der Waals surface area contributed by atoms with Crippen LogP contribution in [-0.2, 0) is 0 Å². The second-order valence-electron chi connectivity index (χ2n) is 13.6. The number of hydrogen-bond donors (Lipinski definition) is 0. The number of anilines is 3. The van der Waals surface area contributed by atoms with Crippen molar-refractivity contribution < 1.29 is 8.83 Å². The van der Waals surface area contributed by atoms with E-state index in [2.05, 4.69) is 169 Å². The molecule has 0 N–H and O–H groups in total. The van der Waals surface area contributed by atoms with Crippen molar-refractivity contribution in [3.05, 3.63) is 188 Å². The lowest BCUT2D eigenvalue weighted by Gasteiger charge is -2.29. The quantitative estimate of drug-likeness (QED) is 0.170. The highest BCUT2D eigenvalue weighted by Crippen LogP contribution is 2.48. The summed E-state index contributed by atoms with van der Waals surface area (Å²) in [6.45, 7) is 0. The molecule has 0 fully saturated rings. The third kappa shape index (κ3) is 4.68. The maximum absolute atomic E-state index is 6.44. The molecule has 2 heterocycles. The van der Waals surface area contributed by atoms with Crippen molar-refractivity contribution in [2.24, 2.45) is 0 Å². The zero-order chi connectivity index (χ0) is 34.9. The second kappa shape index (κ2) is 11.7. The maximum atomic E-state index is 6.44. The van der Waals surface area contributed by atoms with E-state index in [0.717, 1.165) is 77.6 Å². The van der Waals surface area contributed by atoms with Gasteiger partial charge in [-0.2, -0.15) is 0 Å². The van der Waals surface area contributed by atoms with Gasteiger partial charge in [0.15, 0.2) is 0 Å². The molecule has 0 aliphatic rings. The van der Waals surface area contributed by atoms with Gasteiger partial charge in [-0.15, -0.1) is 0 Å². The number of furan rings is 2. The average molecular weight is 678 g/mol. The second-order valence-corrected chi connectivity index (χ2v) is 13.6. The van der Waals surface area contributed by atoms with Crippen LogP contribution in [0.15, 0.2) is 197 Å². The van der Waals surface area contributed by atoms with E-state index in [1.54, 1.807) is 0 Å². The molecular weight excluding hydrogens is 647 g/mol. The van der Waals surface area contributed by atoms with Gasteiger partial charge in [0.1, 0.15) is 22.3 Å². The summed E-state index contributed by atoms with van der Waals surface area (Å²) in [7, 11) is 0. The van der Waals surface area contributed by atoms with Gasteiger partial charge in [-0.05, 0) is 98.9 Å². The van der Waals surface area contributed by atoms with Crippen LogP contribution in [0.4, 0.5) is 17.1 Å². The van der Waals surface area contributed by atoms with E-state index in [-0.39, 0.29) is 0 Å². The molecule has 11 rings (SSSR count). The van der Waals surface area contributed by atoms with E-state index < -0.39 is 0 Å². The van der Waals surface area contributed by atoms with E-state index in [9.17, 15) is 0 Å². The third-order valence-corrected chi connectivity index (χ3v) is 10.7. The van der Waals surface area contributed by atoms with E-state index in [0.29, 0.717) is 0 Å². The SMILES string of the molecule is c1ccc(N(c2ccc(-c3ccc4oc5ccccc5c4c3)cc2)c2cccc3oc4ccccc4c23)c(-c2cc3ccccc3c3ccccc23)c1. The zero-order valence-electron chi connectivity index (χ0n) is 28.7. The Hall–Kier alpha value is -7.10. The minimum absolute atomic E-state index is 0.861. The molecule has 0 saturated carbocycles. The predicted molar refractivity (Wildman–Crippen MR) is 222 cm³/mol. The van der Waals surface area contributed by atoms with Crippen LogP contribution in [0.3, 0.4) is 0 Å². The van der Waals surface area contributed by atoms with Crippen molar-refractivity contribution in [1.82, 2.24) is 0 Å². The molecule has 3 nitrogen and oxygen atoms in total. The third-order valence-electron chi connectivity index (χ3n) is 10.7. The van der Waals surface area contributed by atoms with Gasteiger partial charge in [0.2, 0.25) is 0 Å². The summed E-state index contributed by atoms with van der Waals surface area (Å²) in [4.78, 5) is 2.40. The van der Waals surface area contributed by atoms with Crippen molar-refractivity contribution in [1.29, 1.82) is 0 Å². The normalized spacial score (nSPS) is 11.8. The summed E-state index contributed by atoms with van der Waals surface area (Å²) in [5.41, 5.74) is 11.4. The molecule has 11 aromatic rings. The first-order valence-electron chi connectivity index (χ1n) is 18.0. The van der Waals surface area contributed by atoms with Crippen LogP contribution >= 0.6 is 0 Å². The first kappa shape index (κ1) is 29.6. The Morgan fingerprint density at radius 1 is 0.321 bits per heavy atom. The van der Waals surface area contributed by atoms with Crippen molar-refractivity contribution in [3.63, 3.8) is 0 Å². The van der Waals surface area contributed by atoms with E-state index >= 15 is 0 Å². The van der Waals surface area contributed by atoms with Crippen LogP contribution in [0, 0.1) is 0 Å². The fourth-order valence-corrected chi connectivity index (χ4v) is 8.23. The molecule has 53 heavy (non-hydrogen) atoms. The average Bonchev–Trinajstić information content (AvgIpc) is 3.80. The van der Waals surface area contributed by atoms with Crippen LogP contribution in [0.1, 0.15) is 0 Å². The number of para-hydroxylation sites is 3. The summed E-state index contributed by atoms with van der Waals surface area (Å²) in [6, 6.07) is 66.9. The first-order valence-corrected chi connectivity index (χ1v) is 18.0. The Morgan fingerprint density at radius 2 is 0.906 bits per heavy atom. The number of benzene rings is 9. The lowest BCUT2D eigenvalue weighted by Crippen LogP contribution is -2.11. The van der Waals surface area contributed by atoms with Crippen LogP contribution in [0.5, 0.6) is 0 Å². The van der Waals surface area contributed by atoms with E-state index in [1.165, 1.54) is 27.1 Å². The van der Waals surface area contributed by atoms with Gasteiger partial charge in [-0.3, -0.25) is 0 Å². The molecule has 0 aliphatic heterocycles. The molecule has 0 spiro atoms.